The first-order valence-corrected chi connectivity index (χ1v) is 16.3. The normalized spacial score (nSPS) is 12.8. The van der Waals surface area contributed by atoms with Crippen molar-refractivity contribution in [3.8, 4) is 11.1 Å². The molecule has 48 heavy (non-hydrogen) atoms. The second-order valence-electron chi connectivity index (χ2n) is 12.0. The fourth-order valence-corrected chi connectivity index (χ4v) is 6.22. The Kier molecular flexibility index (Phi) is 11.1. The molecule has 0 N–H and O–H groups in total. The molecule has 1 aliphatic rings. The van der Waals surface area contributed by atoms with Crippen molar-refractivity contribution in [3.05, 3.63) is 122 Å². The molecule has 5 rings (SSSR count). The first-order valence-electron chi connectivity index (χ1n) is 16.3. The lowest BCUT2D eigenvalue weighted by Crippen LogP contribution is -2.40. The maximum atomic E-state index is 14.4. The van der Waals surface area contributed by atoms with Gasteiger partial charge in [-0.05, 0) is 91.4 Å². The maximum Gasteiger partial charge on any atom is 0.416 e. The Balaban J connectivity index is 1.39. The van der Waals surface area contributed by atoms with E-state index < -0.39 is 23.4 Å². The van der Waals surface area contributed by atoms with Crippen LogP contribution in [0.15, 0.2) is 71.5 Å². The van der Waals surface area contributed by atoms with Gasteiger partial charge in [0.05, 0.1) is 5.56 Å². The highest BCUT2D eigenvalue weighted by molar-refractivity contribution is 5.76. The van der Waals surface area contributed by atoms with Gasteiger partial charge in [-0.1, -0.05) is 50.2 Å². The predicted molar refractivity (Wildman–Crippen MR) is 174 cm³/mol. The zero-order chi connectivity index (χ0) is 34.4. The fourth-order valence-electron chi connectivity index (χ4n) is 6.22. The van der Waals surface area contributed by atoms with Crippen molar-refractivity contribution in [2.75, 3.05) is 26.2 Å². The van der Waals surface area contributed by atoms with E-state index in [2.05, 4.69) is 23.7 Å². The third-order valence-electron chi connectivity index (χ3n) is 9.04. The van der Waals surface area contributed by atoms with E-state index in [4.69, 9.17) is 0 Å². The number of likely N-dealkylation sites (N-methyl/N-ethyl adjacent to an activating group) is 1. The van der Waals surface area contributed by atoms with Crippen molar-refractivity contribution in [2.24, 2.45) is 0 Å². The summed E-state index contributed by atoms with van der Waals surface area (Å²) in [6.45, 7) is 7.08. The summed E-state index contributed by atoms with van der Waals surface area (Å²) in [5.41, 5.74) is 2.73. The Morgan fingerprint density at radius 2 is 1.54 bits per heavy atom. The molecule has 1 amide bonds. The van der Waals surface area contributed by atoms with E-state index in [-0.39, 0.29) is 36.4 Å². The van der Waals surface area contributed by atoms with Crippen molar-refractivity contribution in [1.82, 2.24) is 19.4 Å². The van der Waals surface area contributed by atoms with Gasteiger partial charge in [0.15, 0.2) is 0 Å². The molecule has 11 heteroatoms. The van der Waals surface area contributed by atoms with Crippen molar-refractivity contribution in [1.29, 1.82) is 0 Å². The van der Waals surface area contributed by atoms with Gasteiger partial charge in [-0.2, -0.15) is 18.2 Å². The highest BCUT2D eigenvalue weighted by atomic mass is 19.4. The molecule has 0 atom stereocenters. The molecule has 254 valence electrons. The summed E-state index contributed by atoms with van der Waals surface area (Å²) in [5, 5.41) is 0. The van der Waals surface area contributed by atoms with Crippen molar-refractivity contribution in [2.45, 2.75) is 65.2 Å². The van der Waals surface area contributed by atoms with Crippen LogP contribution in [0.25, 0.3) is 11.1 Å². The number of rotatable bonds is 13. The number of halogens is 5. The van der Waals surface area contributed by atoms with Gasteiger partial charge < -0.3 is 14.4 Å². The first-order chi connectivity index (χ1) is 23.0. The molecule has 0 aliphatic heterocycles. The zero-order valence-electron chi connectivity index (χ0n) is 27.1. The average Bonchev–Trinajstić information content (AvgIpc) is 3.57. The topological polar surface area (TPSA) is 58.4 Å². The van der Waals surface area contributed by atoms with Crippen LogP contribution in [-0.4, -0.2) is 51.4 Å². The van der Waals surface area contributed by atoms with Crippen LogP contribution in [-0.2, 0) is 49.7 Å². The van der Waals surface area contributed by atoms with Gasteiger partial charge in [0, 0.05) is 37.3 Å². The number of alkyl halides is 3. The number of fused-ring (bicyclic) bond motifs is 1. The van der Waals surface area contributed by atoms with Crippen molar-refractivity contribution in [3.63, 3.8) is 0 Å². The number of nitrogens with zero attached hydrogens (tertiary/aromatic N) is 4. The van der Waals surface area contributed by atoms with Crippen LogP contribution in [0.1, 0.15) is 54.0 Å². The van der Waals surface area contributed by atoms with Gasteiger partial charge in [-0.25, -0.2) is 8.78 Å². The van der Waals surface area contributed by atoms with Gasteiger partial charge in [0.1, 0.15) is 24.0 Å². The molecular formula is C37H39F5N4O2. The van der Waals surface area contributed by atoms with E-state index in [1.54, 1.807) is 9.47 Å². The van der Waals surface area contributed by atoms with Gasteiger partial charge in [-0.15, -0.1) is 0 Å². The van der Waals surface area contributed by atoms with Crippen LogP contribution in [0, 0.1) is 11.6 Å². The molecule has 3 aromatic carbocycles. The van der Waals surface area contributed by atoms with Crippen LogP contribution >= 0.6 is 0 Å². The number of aryl methyl sites for hydroxylation is 2. The van der Waals surface area contributed by atoms with Crippen LogP contribution in [0.2, 0.25) is 0 Å². The van der Waals surface area contributed by atoms with Gasteiger partial charge in [-0.3, -0.25) is 9.59 Å². The third-order valence-corrected chi connectivity index (χ3v) is 9.04. The number of hydrogen-bond acceptors (Lipinski definition) is 4. The van der Waals surface area contributed by atoms with E-state index in [0.717, 1.165) is 66.7 Å². The Labute approximate surface area is 276 Å². The number of carbonyl (C=O) groups excluding carboxylic acids is 1. The monoisotopic (exact) mass is 666 g/mol. The molecular weight excluding hydrogens is 627 g/mol. The van der Waals surface area contributed by atoms with Crippen LogP contribution in [0.4, 0.5) is 22.0 Å². The summed E-state index contributed by atoms with van der Waals surface area (Å²) in [4.78, 5) is 35.3. The molecule has 0 saturated carbocycles. The van der Waals surface area contributed by atoms with Crippen molar-refractivity contribution < 1.29 is 26.7 Å². The second kappa shape index (κ2) is 15.2. The van der Waals surface area contributed by atoms with E-state index in [9.17, 15) is 31.5 Å². The number of amides is 1. The van der Waals surface area contributed by atoms with Gasteiger partial charge >= 0.3 is 6.18 Å². The minimum Gasteiger partial charge on any atom is -0.336 e. The SMILES string of the molecule is CCN(CC)CCN(Cc1ccc(-c2ccc(C(F)(F)F)cc2)cc1)C(=O)Cn1c(CCc2cc(F)ccc2F)nc(=O)c2c1CCC2. The van der Waals surface area contributed by atoms with E-state index in [1.807, 2.05) is 24.3 Å². The molecule has 6 nitrogen and oxygen atoms in total. The highest BCUT2D eigenvalue weighted by Crippen LogP contribution is 2.31. The summed E-state index contributed by atoms with van der Waals surface area (Å²) in [6, 6.07) is 15.6. The molecule has 0 saturated heterocycles. The molecule has 1 aromatic heterocycles. The van der Waals surface area contributed by atoms with Gasteiger partial charge in [0.2, 0.25) is 5.91 Å². The lowest BCUT2D eigenvalue weighted by atomic mass is 10.0. The lowest BCUT2D eigenvalue weighted by molar-refractivity contribution is -0.137. The van der Waals surface area contributed by atoms with E-state index >= 15 is 0 Å². The number of benzene rings is 3. The molecule has 1 heterocycles. The largest absolute Gasteiger partial charge is 0.416 e. The summed E-state index contributed by atoms with van der Waals surface area (Å²) < 4.78 is 69.1. The quantitative estimate of drug-likeness (QED) is 0.147. The minimum atomic E-state index is -4.41. The molecule has 0 spiro atoms. The molecule has 1 aliphatic carbocycles. The summed E-state index contributed by atoms with van der Waals surface area (Å²) in [7, 11) is 0. The number of carbonyl (C=O) groups is 1. The molecule has 0 fully saturated rings. The number of aromatic nitrogens is 2. The van der Waals surface area contributed by atoms with E-state index in [1.165, 1.54) is 12.1 Å². The zero-order valence-corrected chi connectivity index (χ0v) is 27.1. The molecule has 0 unspecified atom stereocenters. The molecule has 0 bridgehead atoms. The predicted octanol–water partition coefficient (Wildman–Crippen LogP) is 6.85. The van der Waals surface area contributed by atoms with Crippen LogP contribution in [0.3, 0.4) is 0 Å². The Bertz CT molecular complexity index is 1780. The Morgan fingerprint density at radius 3 is 2.19 bits per heavy atom. The smallest absolute Gasteiger partial charge is 0.336 e. The first kappa shape index (κ1) is 34.9. The Morgan fingerprint density at radius 1 is 0.875 bits per heavy atom. The molecule has 0 radical (unpaired) electrons. The van der Waals surface area contributed by atoms with Crippen molar-refractivity contribution >= 4 is 5.91 Å². The Hall–Kier alpha value is -4.38. The number of hydrogen-bond donors (Lipinski definition) is 0. The third kappa shape index (κ3) is 8.36. The summed E-state index contributed by atoms with van der Waals surface area (Å²) in [6.07, 6.45) is -2.19. The highest BCUT2D eigenvalue weighted by Gasteiger charge is 2.30. The average molecular weight is 667 g/mol. The van der Waals surface area contributed by atoms with Gasteiger partial charge in [0.25, 0.3) is 5.56 Å². The second-order valence-corrected chi connectivity index (χ2v) is 12.0. The standard InChI is InChI=1S/C37H39F5N4O2/c1-3-44(4-2)20-21-45(23-25-8-10-26(11-9-25)27-12-15-29(16-13-27)37(40,41)42)35(47)24-46-33-7-5-6-31(33)36(48)43-34(46)19-14-28-22-30(38)17-18-32(28)39/h8-13,15-18,22H,3-7,14,19-21,23-24H2,1-2H3. The maximum absolute atomic E-state index is 14.4. The molecule has 4 aromatic rings. The van der Waals surface area contributed by atoms with Crippen LogP contribution in [0.5, 0.6) is 0 Å². The lowest BCUT2D eigenvalue weighted by Gasteiger charge is -2.28. The minimum absolute atomic E-state index is 0.0571. The van der Waals surface area contributed by atoms with Crippen LogP contribution < -0.4 is 5.56 Å². The van der Waals surface area contributed by atoms with E-state index in [0.29, 0.717) is 49.4 Å². The fraction of sp³-hybridized carbons (Fsp3) is 0.378. The summed E-state index contributed by atoms with van der Waals surface area (Å²) in [5.74, 6) is -0.916. The summed E-state index contributed by atoms with van der Waals surface area (Å²) >= 11 is 0.